The molecule has 30 heavy (non-hydrogen) atoms. The van der Waals surface area contributed by atoms with Crippen molar-refractivity contribution >= 4 is 11.6 Å². The number of benzene rings is 2. The Morgan fingerprint density at radius 1 is 1.03 bits per heavy atom. The van der Waals surface area contributed by atoms with E-state index in [1.807, 2.05) is 0 Å². The minimum absolute atomic E-state index is 0.000308. The van der Waals surface area contributed by atoms with E-state index in [0.29, 0.717) is 11.6 Å². The Balaban J connectivity index is 1.29. The molecule has 0 aromatic heterocycles. The predicted octanol–water partition coefficient (Wildman–Crippen LogP) is 3.15. The summed E-state index contributed by atoms with van der Waals surface area (Å²) in [7, 11) is 0. The maximum Gasteiger partial charge on any atom is 0.251 e. The Labute approximate surface area is 176 Å². The van der Waals surface area contributed by atoms with Gasteiger partial charge >= 0.3 is 0 Å². The molecule has 5 nitrogen and oxygen atoms in total. The van der Waals surface area contributed by atoms with Crippen molar-refractivity contribution in [1.82, 2.24) is 10.2 Å². The van der Waals surface area contributed by atoms with E-state index in [0.717, 1.165) is 58.7 Å². The van der Waals surface area contributed by atoms with E-state index >= 15 is 0 Å². The molecule has 1 N–H and O–H groups in total. The number of ether oxygens (including phenoxy) is 1. The van der Waals surface area contributed by atoms with Crippen LogP contribution in [0.1, 0.15) is 40.4 Å². The number of halogens is 1. The van der Waals surface area contributed by atoms with Crippen molar-refractivity contribution in [2.45, 2.75) is 31.3 Å². The molecule has 2 saturated heterocycles. The summed E-state index contributed by atoms with van der Waals surface area (Å²) >= 11 is 0. The molecule has 2 aromatic rings. The van der Waals surface area contributed by atoms with Gasteiger partial charge in [-0.2, -0.15) is 0 Å². The van der Waals surface area contributed by atoms with Crippen LogP contribution in [0.25, 0.3) is 0 Å². The monoisotopic (exact) mass is 409 g/mol. The van der Waals surface area contributed by atoms with Gasteiger partial charge in [0.15, 0.2) is 0 Å². The van der Waals surface area contributed by atoms with E-state index in [2.05, 4.69) is 33.3 Å². The lowest BCUT2D eigenvalue weighted by Gasteiger charge is -2.43. The summed E-state index contributed by atoms with van der Waals surface area (Å²) in [4.78, 5) is 17.7. The summed E-state index contributed by atoms with van der Waals surface area (Å²) in [6, 6.07) is 13.1. The van der Waals surface area contributed by atoms with Crippen LogP contribution in [-0.2, 0) is 11.2 Å². The van der Waals surface area contributed by atoms with Gasteiger partial charge in [-0.15, -0.1) is 0 Å². The molecule has 0 unspecified atom stereocenters. The quantitative estimate of drug-likeness (QED) is 0.843. The number of rotatable bonds is 4. The van der Waals surface area contributed by atoms with Crippen LogP contribution in [0.5, 0.6) is 0 Å². The lowest BCUT2D eigenvalue weighted by Crippen LogP contribution is -2.56. The molecule has 2 aromatic carbocycles. The fourth-order valence-electron chi connectivity index (χ4n) is 4.76. The fourth-order valence-corrected chi connectivity index (χ4v) is 4.76. The number of hydrogen-bond donors (Lipinski definition) is 1. The minimum atomic E-state index is -0.330. The summed E-state index contributed by atoms with van der Waals surface area (Å²) in [5, 5.41) is 3.18. The number of nitrogens with one attached hydrogen (secondary N) is 1. The van der Waals surface area contributed by atoms with Gasteiger partial charge in [0, 0.05) is 37.4 Å². The molecule has 1 amide bonds. The second-order valence-corrected chi connectivity index (χ2v) is 8.52. The summed E-state index contributed by atoms with van der Waals surface area (Å²) in [6.07, 6.45) is 3.04. The summed E-state index contributed by atoms with van der Waals surface area (Å²) in [5.41, 5.74) is 4.28. The van der Waals surface area contributed by atoms with Gasteiger partial charge in [0.1, 0.15) is 5.82 Å². The van der Waals surface area contributed by atoms with Crippen LogP contribution in [0, 0.1) is 5.82 Å². The van der Waals surface area contributed by atoms with E-state index in [-0.39, 0.29) is 17.8 Å². The van der Waals surface area contributed by atoms with Gasteiger partial charge in [0.25, 0.3) is 5.91 Å². The highest BCUT2D eigenvalue weighted by Crippen LogP contribution is 2.33. The van der Waals surface area contributed by atoms with Crippen LogP contribution < -0.4 is 10.2 Å². The molecular formula is C24H28FN3O2. The molecule has 0 spiro atoms. The first kappa shape index (κ1) is 19.5. The largest absolute Gasteiger partial charge is 0.378 e. The first-order valence-corrected chi connectivity index (χ1v) is 10.9. The minimum Gasteiger partial charge on any atom is -0.378 e. The number of piperazine rings is 1. The number of carbonyl (C=O) groups excluding carboxylic acids is 1. The highest BCUT2D eigenvalue weighted by Gasteiger charge is 2.29. The molecule has 1 aliphatic carbocycles. The van der Waals surface area contributed by atoms with Gasteiger partial charge in [-0.25, -0.2) is 4.39 Å². The zero-order chi connectivity index (χ0) is 20.5. The average Bonchev–Trinajstić information content (AvgIpc) is 2.73. The molecule has 2 aliphatic heterocycles. The number of anilines is 1. The lowest BCUT2D eigenvalue weighted by molar-refractivity contribution is -0.0660. The Morgan fingerprint density at radius 2 is 1.80 bits per heavy atom. The first-order chi connectivity index (χ1) is 14.7. The normalized spacial score (nSPS) is 22.3. The Bertz CT molecular complexity index is 905. The molecule has 0 saturated carbocycles. The SMILES string of the molecule is O=C(N[C@H]1CCCc2ccc(N3CCN(C4COC4)CC3)cc21)c1ccc(F)cc1. The Hall–Kier alpha value is -2.44. The lowest BCUT2D eigenvalue weighted by atomic mass is 9.87. The Morgan fingerprint density at radius 3 is 2.50 bits per heavy atom. The molecule has 5 rings (SSSR count). The smallest absolute Gasteiger partial charge is 0.251 e. The van der Waals surface area contributed by atoms with Crippen molar-refractivity contribution in [1.29, 1.82) is 0 Å². The van der Waals surface area contributed by atoms with Crippen LogP contribution in [0.4, 0.5) is 10.1 Å². The van der Waals surface area contributed by atoms with E-state index in [1.54, 1.807) is 0 Å². The van der Waals surface area contributed by atoms with E-state index in [4.69, 9.17) is 4.74 Å². The summed E-state index contributed by atoms with van der Waals surface area (Å²) in [6.45, 7) is 5.90. The highest BCUT2D eigenvalue weighted by atomic mass is 19.1. The van der Waals surface area contributed by atoms with Crippen LogP contribution in [0.3, 0.4) is 0 Å². The topological polar surface area (TPSA) is 44.8 Å². The van der Waals surface area contributed by atoms with E-state index < -0.39 is 0 Å². The number of nitrogens with zero attached hydrogens (tertiary/aromatic N) is 2. The third kappa shape index (κ3) is 3.94. The van der Waals surface area contributed by atoms with E-state index in [9.17, 15) is 9.18 Å². The first-order valence-electron chi connectivity index (χ1n) is 10.9. The van der Waals surface area contributed by atoms with Gasteiger partial charge in [-0.3, -0.25) is 9.69 Å². The van der Waals surface area contributed by atoms with Gasteiger partial charge in [0.2, 0.25) is 0 Å². The molecule has 0 bridgehead atoms. The third-order valence-corrected chi connectivity index (χ3v) is 6.67. The standard InChI is InChI=1S/C24H28FN3O2/c25-19-7-4-18(5-8-19)24(29)26-23-3-1-2-17-6-9-20(14-22(17)23)27-10-12-28(13-11-27)21-15-30-16-21/h4-9,14,21,23H,1-3,10-13,15-16H2,(H,26,29)/t23-/m0/s1. The zero-order valence-electron chi connectivity index (χ0n) is 17.1. The van der Waals surface area contributed by atoms with Gasteiger partial charge in [-0.05, 0) is 66.8 Å². The number of aryl methyl sites for hydroxylation is 1. The molecule has 3 aliphatic rings. The van der Waals surface area contributed by atoms with Crippen LogP contribution in [-0.4, -0.2) is 56.2 Å². The zero-order valence-corrected chi connectivity index (χ0v) is 17.1. The molecule has 2 heterocycles. The number of amides is 1. The molecule has 158 valence electrons. The van der Waals surface area contributed by atoms with Crippen molar-refractivity contribution in [3.8, 4) is 0 Å². The second kappa shape index (κ2) is 8.36. The van der Waals surface area contributed by atoms with Crippen molar-refractivity contribution in [3.63, 3.8) is 0 Å². The highest BCUT2D eigenvalue weighted by molar-refractivity contribution is 5.94. The van der Waals surface area contributed by atoms with Crippen LogP contribution in [0.2, 0.25) is 0 Å². The van der Waals surface area contributed by atoms with Gasteiger partial charge in [0.05, 0.1) is 25.3 Å². The number of hydrogen-bond acceptors (Lipinski definition) is 4. The average molecular weight is 410 g/mol. The van der Waals surface area contributed by atoms with Crippen LogP contribution in [0.15, 0.2) is 42.5 Å². The van der Waals surface area contributed by atoms with Gasteiger partial charge in [-0.1, -0.05) is 6.07 Å². The van der Waals surface area contributed by atoms with Crippen molar-refractivity contribution in [2.75, 3.05) is 44.3 Å². The predicted molar refractivity (Wildman–Crippen MR) is 114 cm³/mol. The number of fused-ring (bicyclic) bond motifs is 1. The maximum atomic E-state index is 13.2. The van der Waals surface area contributed by atoms with Crippen molar-refractivity contribution in [3.05, 3.63) is 65.0 Å². The summed E-state index contributed by atoms with van der Waals surface area (Å²) in [5.74, 6) is -0.473. The summed E-state index contributed by atoms with van der Waals surface area (Å²) < 4.78 is 18.5. The molecule has 2 fully saturated rings. The Kier molecular flexibility index (Phi) is 5.44. The third-order valence-electron chi connectivity index (χ3n) is 6.67. The van der Waals surface area contributed by atoms with Crippen molar-refractivity contribution in [2.24, 2.45) is 0 Å². The van der Waals surface area contributed by atoms with Crippen molar-refractivity contribution < 1.29 is 13.9 Å². The fraction of sp³-hybridized carbons (Fsp3) is 0.458. The molecule has 0 radical (unpaired) electrons. The van der Waals surface area contributed by atoms with Gasteiger partial charge < -0.3 is 15.0 Å². The molecule has 1 atom stereocenters. The number of carbonyl (C=O) groups is 1. The maximum absolute atomic E-state index is 13.2. The van der Waals surface area contributed by atoms with Crippen LogP contribution >= 0.6 is 0 Å². The molecule has 6 heteroatoms. The van der Waals surface area contributed by atoms with E-state index in [1.165, 1.54) is 41.1 Å². The second-order valence-electron chi connectivity index (χ2n) is 8.52. The molecular weight excluding hydrogens is 381 g/mol.